The molecule has 0 amide bonds. The van der Waals surface area contributed by atoms with E-state index in [4.69, 9.17) is 0 Å². The van der Waals surface area contributed by atoms with Crippen molar-refractivity contribution in [1.82, 2.24) is 0 Å². The molecule has 0 saturated carbocycles. The van der Waals surface area contributed by atoms with Crippen molar-refractivity contribution in [2.24, 2.45) is 0 Å². The molecule has 0 aliphatic rings. The van der Waals surface area contributed by atoms with Gasteiger partial charge < -0.3 is 0 Å². The Hall–Kier alpha value is -2.08. The van der Waals surface area contributed by atoms with Crippen molar-refractivity contribution < 1.29 is 0 Å². The van der Waals surface area contributed by atoms with Crippen LogP contribution in [0.3, 0.4) is 0 Å². The summed E-state index contributed by atoms with van der Waals surface area (Å²) in [5.41, 5.74) is 5.52. The minimum atomic E-state index is 1.08. The predicted octanol–water partition coefficient (Wildman–Crippen LogP) is 9.62. The molecule has 0 saturated heterocycles. The van der Waals surface area contributed by atoms with Gasteiger partial charge in [0.2, 0.25) is 0 Å². The zero-order chi connectivity index (χ0) is 21.6. The minimum Gasteiger partial charge on any atom is -0.0991 e. The molecular formula is C28H44. The third-order valence-corrected chi connectivity index (χ3v) is 4.26. The molecule has 0 unspecified atom stereocenters. The van der Waals surface area contributed by atoms with Crippen LogP contribution in [-0.2, 0) is 0 Å². The van der Waals surface area contributed by atoms with Crippen molar-refractivity contribution >= 4 is 0 Å². The topological polar surface area (TPSA) is 0 Å². The van der Waals surface area contributed by atoms with Crippen LogP contribution in [0.5, 0.6) is 0 Å². The van der Waals surface area contributed by atoms with Crippen molar-refractivity contribution in [3.63, 3.8) is 0 Å². The number of unbranched alkanes of at least 4 members (excludes halogenated alkanes) is 1. The van der Waals surface area contributed by atoms with Gasteiger partial charge in [-0.15, -0.1) is 0 Å². The molecule has 0 heterocycles. The molecule has 28 heavy (non-hydrogen) atoms. The van der Waals surface area contributed by atoms with Gasteiger partial charge in [0.05, 0.1) is 0 Å². The monoisotopic (exact) mass is 380 g/mol. The molecule has 0 N–H and O–H groups in total. The van der Waals surface area contributed by atoms with E-state index in [0.717, 1.165) is 19.3 Å². The maximum atomic E-state index is 3.72. The summed E-state index contributed by atoms with van der Waals surface area (Å²) in [5.74, 6) is 0. The molecule has 0 rings (SSSR count). The second-order valence-corrected chi connectivity index (χ2v) is 6.72. The normalized spacial score (nSPS) is 14.1. The average molecular weight is 381 g/mol. The zero-order valence-corrected chi connectivity index (χ0v) is 19.6. The van der Waals surface area contributed by atoms with Crippen LogP contribution in [0, 0.1) is 0 Å². The maximum Gasteiger partial charge on any atom is -0.0235 e. The molecule has 156 valence electrons. The highest BCUT2D eigenvalue weighted by molar-refractivity contribution is 5.46. The summed E-state index contributed by atoms with van der Waals surface area (Å²) >= 11 is 0. The zero-order valence-electron chi connectivity index (χ0n) is 19.6. The van der Waals surface area contributed by atoms with E-state index < -0.39 is 0 Å². The number of rotatable bonds is 11. The van der Waals surface area contributed by atoms with E-state index in [-0.39, 0.29) is 0 Å². The van der Waals surface area contributed by atoms with Crippen molar-refractivity contribution in [3.05, 3.63) is 95.7 Å². The molecule has 0 bridgehead atoms. The van der Waals surface area contributed by atoms with Gasteiger partial charge in [-0.25, -0.2) is 0 Å². The Kier molecular flexibility index (Phi) is 21.3. The maximum absolute atomic E-state index is 3.72. The second kappa shape index (κ2) is 21.2. The summed E-state index contributed by atoms with van der Waals surface area (Å²) in [6.07, 6.45) is 28.8. The third kappa shape index (κ3) is 16.1. The van der Waals surface area contributed by atoms with Gasteiger partial charge in [-0.1, -0.05) is 118 Å². The van der Waals surface area contributed by atoms with Gasteiger partial charge in [0.25, 0.3) is 0 Å². The number of hydrogen-bond acceptors (Lipinski definition) is 0. The summed E-state index contributed by atoms with van der Waals surface area (Å²) in [6, 6.07) is 0. The molecule has 0 spiro atoms. The highest BCUT2D eigenvalue weighted by atomic mass is 14.1. The van der Waals surface area contributed by atoms with Crippen LogP contribution in [0.15, 0.2) is 95.7 Å². The Morgan fingerprint density at radius 2 is 1.57 bits per heavy atom. The van der Waals surface area contributed by atoms with E-state index >= 15 is 0 Å². The lowest BCUT2D eigenvalue weighted by Gasteiger charge is -2.11. The van der Waals surface area contributed by atoms with Crippen molar-refractivity contribution in [2.45, 2.75) is 80.6 Å². The first-order valence-corrected chi connectivity index (χ1v) is 10.8. The first kappa shape index (κ1) is 28.1. The Labute approximate surface area is 176 Å². The van der Waals surface area contributed by atoms with Gasteiger partial charge in [-0.3, -0.25) is 0 Å². The van der Waals surface area contributed by atoms with Crippen LogP contribution < -0.4 is 0 Å². The standard InChI is InChI=1S/C20H30.C8H14/c1-7-11-12-14-19(13-8-2)20(18(6)10-4)16-15-17(5)9-3;1-3-5-7-8-6-4-2/h7,9,11-12,14-16H,1,8,10,13H2,2-6H3;3,5,7-8H,4,6H2,1-2H3/b12-11-,16-15-,17-9-,19-14+,20-18+;5-3-,8-7-. The van der Waals surface area contributed by atoms with Crippen LogP contribution in [0.4, 0.5) is 0 Å². The molecule has 0 aliphatic heterocycles. The van der Waals surface area contributed by atoms with E-state index in [9.17, 15) is 0 Å². The Bertz CT molecular complexity index is 598. The van der Waals surface area contributed by atoms with Gasteiger partial charge in [-0.2, -0.15) is 0 Å². The Balaban J connectivity index is 0. The summed E-state index contributed by atoms with van der Waals surface area (Å²) < 4.78 is 0. The van der Waals surface area contributed by atoms with E-state index in [0.29, 0.717) is 0 Å². The van der Waals surface area contributed by atoms with E-state index in [1.54, 1.807) is 0 Å². The highest BCUT2D eigenvalue weighted by Crippen LogP contribution is 2.23. The van der Waals surface area contributed by atoms with Crippen molar-refractivity contribution in [2.75, 3.05) is 0 Å². The molecule has 0 nitrogen and oxygen atoms in total. The molecule has 0 radical (unpaired) electrons. The van der Waals surface area contributed by atoms with Gasteiger partial charge >= 0.3 is 0 Å². The lowest BCUT2D eigenvalue weighted by Crippen LogP contribution is -1.92. The van der Waals surface area contributed by atoms with Crippen molar-refractivity contribution in [3.8, 4) is 0 Å². The fourth-order valence-corrected chi connectivity index (χ4v) is 2.30. The molecule has 0 aromatic carbocycles. The van der Waals surface area contributed by atoms with Crippen LogP contribution in [0.25, 0.3) is 0 Å². The quantitative estimate of drug-likeness (QED) is 0.313. The third-order valence-electron chi connectivity index (χ3n) is 4.26. The molecule has 0 atom stereocenters. The van der Waals surface area contributed by atoms with E-state index in [2.05, 4.69) is 96.7 Å². The average Bonchev–Trinajstić information content (AvgIpc) is 2.71. The van der Waals surface area contributed by atoms with Crippen LogP contribution in [0.1, 0.15) is 80.6 Å². The van der Waals surface area contributed by atoms with Crippen molar-refractivity contribution in [1.29, 1.82) is 0 Å². The summed E-state index contributed by atoms with van der Waals surface area (Å²) in [6.45, 7) is 18.8. The van der Waals surface area contributed by atoms with Crippen LogP contribution in [0.2, 0.25) is 0 Å². The number of allylic oxidation sites excluding steroid dienone is 15. The van der Waals surface area contributed by atoms with E-state index in [1.165, 1.54) is 35.1 Å². The SMILES string of the molecule is C/C=C\C=C/CCC.C=C\C=C/C=C(CCC)/C(/C=C\C(C)=C/C)=C(\C)CC. The highest BCUT2D eigenvalue weighted by Gasteiger charge is 2.04. The predicted molar refractivity (Wildman–Crippen MR) is 133 cm³/mol. The molecule has 0 aromatic rings. The van der Waals surface area contributed by atoms with Gasteiger partial charge in [-0.05, 0) is 58.1 Å². The Morgan fingerprint density at radius 1 is 0.857 bits per heavy atom. The lowest BCUT2D eigenvalue weighted by molar-refractivity contribution is 0.908. The molecule has 0 heteroatoms. The smallest absolute Gasteiger partial charge is 0.0235 e. The van der Waals surface area contributed by atoms with Gasteiger partial charge in [0, 0.05) is 0 Å². The first-order chi connectivity index (χ1) is 13.5. The largest absolute Gasteiger partial charge is 0.0991 e. The fraction of sp³-hybridized carbons (Fsp3) is 0.429. The van der Waals surface area contributed by atoms with Crippen LogP contribution in [-0.4, -0.2) is 0 Å². The summed E-state index contributed by atoms with van der Waals surface area (Å²) in [4.78, 5) is 0. The summed E-state index contributed by atoms with van der Waals surface area (Å²) in [5, 5.41) is 0. The first-order valence-electron chi connectivity index (χ1n) is 10.8. The van der Waals surface area contributed by atoms with Gasteiger partial charge in [0.15, 0.2) is 0 Å². The molecular weight excluding hydrogens is 336 g/mol. The fourth-order valence-electron chi connectivity index (χ4n) is 2.30. The lowest BCUT2D eigenvalue weighted by atomic mass is 9.94. The Morgan fingerprint density at radius 3 is 2.07 bits per heavy atom. The minimum absolute atomic E-state index is 1.08. The van der Waals surface area contributed by atoms with E-state index in [1.807, 2.05) is 25.2 Å². The molecule has 0 aromatic heterocycles. The van der Waals surface area contributed by atoms with Crippen LogP contribution >= 0.6 is 0 Å². The summed E-state index contributed by atoms with van der Waals surface area (Å²) in [7, 11) is 0. The molecule has 0 aliphatic carbocycles. The number of hydrogen-bond donors (Lipinski definition) is 0. The van der Waals surface area contributed by atoms with Gasteiger partial charge in [0.1, 0.15) is 0 Å². The second-order valence-electron chi connectivity index (χ2n) is 6.72. The molecule has 0 fully saturated rings.